The maximum atomic E-state index is 11.0. The largest absolute Gasteiger partial charge is 0.468 e. The molecule has 5 N–H and O–H groups in total. The predicted molar refractivity (Wildman–Crippen MR) is 58.8 cm³/mol. The first kappa shape index (κ1) is 19.5. The summed E-state index contributed by atoms with van der Waals surface area (Å²) in [5, 5.41) is 8.85. The van der Waals surface area contributed by atoms with Gasteiger partial charge >= 0.3 is 5.97 Å². The lowest BCUT2D eigenvalue weighted by molar-refractivity contribution is -0.149. The number of nitrogens with two attached hydrogens (primary N) is 2. The highest BCUT2D eigenvalue weighted by molar-refractivity contribution is 5.85. The van der Waals surface area contributed by atoms with Crippen molar-refractivity contribution in [3.63, 3.8) is 0 Å². The molecule has 0 aromatic rings. The predicted octanol–water partition coefficient (Wildman–Crippen LogP) is -0.568. The highest BCUT2D eigenvalue weighted by atomic mass is 35.5. The van der Waals surface area contributed by atoms with Crippen molar-refractivity contribution in [3.05, 3.63) is 0 Å². The second-order valence-electron chi connectivity index (χ2n) is 2.70. The second kappa shape index (κ2) is 9.48. The average Bonchev–Trinajstić information content (AvgIpc) is 2.12. The highest BCUT2D eigenvalue weighted by Crippen LogP contribution is 2.10. The molecule has 0 rings (SSSR count). The number of carbonyl (C=O) groups is 1. The zero-order valence-corrected chi connectivity index (χ0v) is 9.70. The summed E-state index contributed by atoms with van der Waals surface area (Å²) < 4.78 is 4.44. The molecular weight excluding hydrogens is 231 g/mol. The Morgan fingerprint density at radius 3 is 2.29 bits per heavy atom. The Morgan fingerprint density at radius 2 is 2.00 bits per heavy atom. The Morgan fingerprint density at radius 1 is 1.50 bits per heavy atom. The molecule has 0 aliphatic carbocycles. The zero-order chi connectivity index (χ0) is 9.61. The monoisotopic (exact) mass is 248 g/mol. The number of hydrogen-bond donors (Lipinski definition) is 3. The number of aliphatic hydroxyl groups excluding tert-OH is 1. The first-order valence-electron chi connectivity index (χ1n) is 3.79. The molecule has 0 radical (unpaired) electrons. The van der Waals surface area contributed by atoms with E-state index in [9.17, 15) is 4.79 Å². The van der Waals surface area contributed by atoms with Crippen LogP contribution in [0.1, 0.15) is 12.8 Å². The minimum atomic E-state index is -1.28. The van der Waals surface area contributed by atoms with Crippen molar-refractivity contribution < 1.29 is 14.6 Å². The van der Waals surface area contributed by atoms with Crippen LogP contribution in [0.4, 0.5) is 0 Å². The topological polar surface area (TPSA) is 98.6 Å². The first-order chi connectivity index (χ1) is 5.60. The fourth-order valence-corrected chi connectivity index (χ4v) is 0.866. The van der Waals surface area contributed by atoms with Gasteiger partial charge in [-0.25, -0.2) is 4.79 Å². The first-order valence-corrected chi connectivity index (χ1v) is 3.79. The summed E-state index contributed by atoms with van der Waals surface area (Å²) in [5.74, 6) is -0.599. The molecule has 0 amide bonds. The van der Waals surface area contributed by atoms with E-state index in [0.717, 1.165) is 0 Å². The molecule has 0 aromatic carbocycles. The third-order valence-corrected chi connectivity index (χ3v) is 1.70. The van der Waals surface area contributed by atoms with E-state index in [4.69, 9.17) is 16.6 Å². The molecule has 0 aliphatic heterocycles. The Balaban J connectivity index is -0.000000605. The van der Waals surface area contributed by atoms with Crippen LogP contribution in [0.25, 0.3) is 0 Å². The van der Waals surface area contributed by atoms with Gasteiger partial charge in [-0.05, 0) is 19.4 Å². The lowest BCUT2D eigenvalue weighted by Gasteiger charge is -2.23. The third-order valence-electron chi connectivity index (χ3n) is 1.70. The Labute approximate surface area is 96.0 Å². The molecule has 5 nitrogen and oxygen atoms in total. The molecular formula is C7H18Cl2N2O3. The molecule has 0 saturated heterocycles. The van der Waals surface area contributed by atoms with Crippen molar-refractivity contribution in [2.24, 2.45) is 11.5 Å². The summed E-state index contributed by atoms with van der Waals surface area (Å²) in [7, 11) is 1.24. The fourth-order valence-electron chi connectivity index (χ4n) is 0.866. The minimum Gasteiger partial charge on any atom is -0.468 e. The molecule has 0 fully saturated rings. The van der Waals surface area contributed by atoms with Crippen molar-refractivity contribution in [1.82, 2.24) is 0 Å². The van der Waals surface area contributed by atoms with Gasteiger partial charge in [-0.15, -0.1) is 24.8 Å². The van der Waals surface area contributed by atoms with Crippen molar-refractivity contribution in [2.75, 3.05) is 20.3 Å². The van der Waals surface area contributed by atoms with Gasteiger partial charge < -0.3 is 21.3 Å². The van der Waals surface area contributed by atoms with E-state index in [-0.39, 0.29) is 24.8 Å². The smallest absolute Gasteiger partial charge is 0.328 e. The number of methoxy groups -OCH3 is 1. The summed E-state index contributed by atoms with van der Waals surface area (Å²) >= 11 is 0. The van der Waals surface area contributed by atoms with Gasteiger partial charge in [0.25, 0.3) is 0 Å². The molecule has 0 saturated carbocycles. The SMILES string of the molecule is COC(=O)C(N)(CO)CCCN.Cl.Cl. The van der Waals surface area contributed by atoms with Crippen molar-refractivity contribution in [3.8, 4) is 0 Å². The second-order valence-corrected chi connectivity index (χ2v) is 2.70. The molecule has 0 aromatic heterocycles. The van der Waals surface area contributed by atoms with Crippen molar-refractivity contribution >= 4 is 30.8 Å². The Bertz CT molecular complexity index is 160. The van der Waals surface area contributed by atoms with Gasteiger partial charge in [0.15, 0.2) is 0 Å². The van der Waals surface area contributed by atoms with Crippen LogP contribution >= 0.6 is 24.8 Å². The number of ether oxygens (including phenoxy) is 1. The van der Waals surface area contributed by atoms with E-state index in [1.807, 2.05) is 0 Å². The van der Waals surface area contributed by atoms with Crippen LogP contribution in [0.15, 0.2) is 0 Å². The van der Waals surface area contributed by atoms with Gasteiger partial charge in [-0.1, -0.05) is 0 Å². The van der Waals surface area contributed by atoms with Crippen LogP contribution in [0.5, 0.6) is 0 Å². The van der Waals surface area contributed by atoms with Gasteiger partial charge in [0.05, 0.1) is 13.7 Å². The number of halogens is 2. The molecule has 0 bridgehead atoms. The standard InChI is InChI=1S/C7H16N2O3.2ClH/c1-12-6(11)7(9,5-10)3-2-4-8;;/h10H,2-5,8-9H2,1H3;2*1H. The van der Waals surface area contributed by atoms with Crippen LogP contribution < -0.4 is 11.5 Å². The lowest BCUT2D eigenvalue weighted by atomic mass is 9.96. The molecule has 1 unspecified atom stereocenters. The maximum Gasteiger partial charge on any atom is 0.328 e. The van der Waals surface area contributed by atoms with Crippen LogP contribution in [-0.2, 0) is 9.53 Å². The minimum absolute atomic E-state index is 0. The van der Waals surface area contributed by atoms with Crippen LogP contribution in [0.2, 0.25) is 0 Å². The average molecular weight is 249 g/mol. The van der Waals surface area contributed by atoms with Gasteiger partial charge in [0.1, 0.15) is 5.54 Å². The number of esters is 1. The third kappa shape index (κ3) is 5.62. The van der Waals surface area contributed by atoms with E-state index in [2.05, 4.69) is 4.74 Å². The van der Waals surface area contributed by atoms with E-state index in [1.165, 1.54) is 7.11 Å². The van der Waals surface area contributed by atoms with Gasteiger partial charge in [0.2, 0.25) is 0 Å². The summed E-state index contributed by atoms with van der Waals surface area (Å²) in [6, 6.07) is 0. The molecule has 1 atom stereocenters. The lowest BCUT2D eigenvalue weighted by Crippen LogP contribution is -2.52. The maximum absolute atomic E-state index is 11.0. The van der Waals surface area contributed by atoms with Gasteiger partial charge in [0, 0.05) is 0 Å². The molecule has 0 heterocycles. The van der Waals surface area contributed by atoms with E-state index in [0.29, 0.717) is 19.4 Å². The number of carbonyl (C=O) groups excluding carboxylic acids is 1. The molecule has 7 heteroatoms. The molecule has 0 aliphatic rings. The zero-order valence-electron chi connectivity index (χ0n) is 8.06. The van der Waals surface area contributed by atoms with Crippen molar-refractivity contribution in [1.29, 1.82) is 0 Å². The van der Waals surface area contributed by atoms with E-state index < -0.39 is 18.1 Å². The quantitative estimate of drug-likeness (QED) is 0.567. The summed E-state index contributed by atoms with van der Waals surface area (Å²) in [5.41, 5.74) is 9.52. The van der Waals surface area contributed by atoms with E-state index >= 15 is 0 Å². The normalized spacial score (nSPS) is 13.1. The fraction of sp³-hybridized carbons (Fsp3) is 0.857. The van der Waals surface area contributed by atoms with Crippen LogP contribution in [0, 0.1) is 0 Å². The molecule has 0 spiro atoms. The summed E-state index contributed by atoms with van der Waals surface area (Å²) in [6.45, 7) is 0.0234. The molecule has 88 valence electrons. The van der Waals surface area contributed by atoms with E-state index in [1.54, 1.807) is 0 Å². The van der Waals surface area contributed by atoms with Crippen LogP contribution in [-0.4, -0.2) is 36.9 Å². The number of aliphatic hydroxyl groups is 1. The molecule has 14 heavy (non-hydrogen) atoms. The van der Waals surface area contributed by atoms with Gasteiger partial charge in [-0.2, -0.15) is 0 Å². The summed E-state index contributed by atoms with van der Waals surface area (Å²) in [4.78, 5) is 11.0. The Kier molecular flexibility index (Phi) is 13.2. The Hall–Kier alpha value is -0.0700. The highest BCUT2D eigenvalue weighted by Gasteiger charge is 2.33. The number of rotatable bonds is 5. The number of hydrogen-bond acceptors (Lipinski definition) is 5. The van der Waals surface area contributed by atoms with Crippen molar-refractivity contribution in [2.45, 2.75) is 18.4 Å². The summed E-state index contributed by atoms with van der Waals surface area (Å²) in [6.07, 6.45) is 0.929. The van der Waals surface area contributed by atoms with Gasteiger partial charge in [-0.3, -0.25) is 0 Å². The van der Waals surface area contributed by atoms with Crippen LogP contribution in [0.3, 0.4) is 0 Å².